The summed E-state index contributed by atoms with van der Waals surface area (Å²) in [6.07, 6.45) is 7.51. The standard InChI is InChI=1S/C24H29ClN8O3/c1-13(34)23(35)30-16-6-4-15(5-7-16)29-21-11-18(28-14-2-3-14)22-27-12-19(33(22)32-21)24(36)31-17-8-9-26-20(25)10-17/h8-16,28,34H,2-7H2,1H3,(H,29,32)(H,30,35)(H,26,31,36)/t13-,15?,16?/m1/s1. The molecular weight excluding hydrogens is 484 g/mol. The number of pyridine rings is 1. The lowest BCUT2D eigenvalue weighted by Crippen LogP contribution is -2.43. The molecule has 0 spiro atoms. The van der Waals surface area contributed by atoms with E-state index >= 15 is 0 Å². The van der Waals surface area contributed by atoms with Crippen LogP contribution in [0.1, 0.15) is 55.9 Å². The van der Waals surface area contributed by atoms with E-state index < -0.39 is 6.10 Å². The van der Waals surface area contributed by atoms with Crippen LogP contribution in [0.15, 0.2) is 30.6 Å². The minimum Gasteiger partial charge on any atom is -0.384 e. The molecule has 0 unspecified atom stereocenters. The Kier molecular flexibility index (Phi) is 6.92. The van der Waals surface area contributed by atoms with Crippen molar-refractivity contribution < 1.29 is 14.7 Å². The van der Waals surface area contributed by atoms with Crippen LogP contribution >= 0.6 is 11.6 Å². The molecule has 36 heavy (non-hydrogen) atoms. The summed E-state index contributed by atoms with van der Waals surface area (Å²) in [5, 5.41) is 27.1. The zero-order chi connectivity index (χ0) is 25.2. The molecule has 2 aliphatic carbocycles. The Morgan fingerprint density at radius 3 is 2.44 bits per heavy atom. The van der Waals surface area contributed by atoms with Crippen LogP contribution in [0.4, 0.5) is 17.2 Å². The fraction of sp³-hybridized carbons (Fsp3) is 0.458. The van der Waals surface area contributed by atoms with Crippen LogP contribution in [-0.4, -0.2) is 60.7 Å². The third kappa shape index (κ3) is 5.68. The quantitative estimate of drug-likeness (QED) is 0.290. The molecule has 5 N–H and O–H groups in total. The van der Waals surface area contributed by atoms with Crippen molar-refractivity contribution in [2.45, 2.75) is 69.7 Å². The van der Waals surface area contributed by atoms with Crippen LogP contribution in [0.3, 0.4) is 0 Å². The maximum absolute atomic E-state index is 13.1. The van der Waals surface area contributed by atoms with E-state index in [9.17, 15) is 14.7 Å². The van der Waals surface area contributed by atoms with Gasteiger partial charge in [0, 0.05) is 36.1 Å². The molecule has 11 nitrogen and oxygen atoms in total. The fourth-order valence-electron chi connectivity index (χ4n) is 4.34. The van der Waals surface area contributed by atoms with Crippen LogP contribution in [0.2, 0.25) is 5.15 Å². The first-order valence-electron chi connectivity index (χ1n) is 12.2. The molecule has 3 aromatic heterocycles. The van der Waals surface area contributed by atoms with Gasteiger partial charge in [0.05, 0.1) is 11.9 Å². The van der Waals surface area contributed by atoms with Gasteiger partial charge >= 0.3 is 0 Å². The highest BCUT2D eigenvalue weighted by Crippen LogP contribution is 2.30. The summed E-state index contributed by atoms with van der Waals surface area (Å²) in [6, 6.07) is 5.79. The summed E-state index contributed by atoms with van der Waals surface area (Å²) in [7, 11) is 0. The van der Waals surface area contributed by atoms with Crippen LogP contribution in [0.25, 0.3) is 5.65 Å². The number of carbonyl (C=O) groups excluding carboxylic acids is 2. The lowest BCUT2D eigenvalue weighted by molar-refractivity contribution is -0.129. The van der Waals surface area contributed by atoms with Crippen LogP contribution in [0, 0.1) is 0 Å². The van der Waals surface area contributed by atoms with Gasteiger partial charge in [-0.15, -0.1) is 5.10 Å². The first-order valence-corrected chi connectivity index (χ1v) is 12.6. The predicted octanol–water partition coefficient (Wildman–Crippen LogP) is 2.82. The van der Waals surface area contributed by atoms with Crippen molar-refractivity contribution in [3.63, 3.8) is 0 Å². The largest absolute Gasteiger partial charge is 0.384 e. The van der Waals surface area contributed by atoms with Gasteiger partial charge in [0.25, 0.3) is 5.91 Å². The number of aliphatic hydroxyl groups is 1. The van der Waals surface area contributed by atoms with Gasteiger partial charge in [0.2, 0.25) is 5.91 Å². The number of aliphatic hydroxyl groups excluding tert-OH is 1. The number of imidazole rings is 1. The molecule has 0 saturated heterocycles. The number of anilines is 3. The van der Waals surface area contributed by atoms with Gasteiger partial charge in [-0.25, -0.2) is 14.5 Å². The number of rotatable bonds is 8. The van der Waals surface area contributed by atoms with E-state index in [0.717, 1.165) is 44.2 Å². The van der Waals surface area contributed by atoms with E-state index in [2.05, 4.69) is 36.3 Å². The average molecular weight is 513 g/mol. The Hall–Kier alpha value is -3.44. The summed E-state index contributed by atoms with van der Waals surface area (Å²) in [5.41, 5.74) is 2.22. The molecule has 3 heterocycles. The van der Waals surface area contributed by atoms with E-state index in [-0.39, 0.29) is 29.1 Å². The maximum Gasteiger partial charge on any atom is 0.276 e. The number of aromatic nitrogens is 4. The third-order valence-corrected chi connectivity index (χ3v) is 6.63. The number of halogens is 1. The number of fused-ring (bicyclic) bond motifs is 1. The van der Waals surface area contributed by atoms with Gasteiger partial charge in [0.15, 0.2) is 11.3 Å². The molecule has 0 aliphatic heterocycles. The summed E-state index contributed by atoms with van der Waals surface area (Å²) < 4.78 is 1.56. The average Bonchev–Trinajstić information content (AvgIpc) is 3.55. The summed E-state index contributed by atoms with van der Waals surface area (Å²) in [4.78, 5) is 33.2. The third-order valence-electron chi connectivity index (χ3n) is 6.43. The minimum absolute atomic E-state index is 0.0540. The molecule has 0 radical (unpaired) electrons. The lowest BCUT2D eigenvalue weighted by Gasteiger charge is -2.30. The number of hydrogen-bond donors (Lipinski definition) is 5. The maximum atomic E-state index is 13.1. The molecule has 12 heteroatoms. The number of amides is 2. The number of hydrogen-bond acceptors (Lipinski definition) is 8. The van der Waals surface area contributed by atoms with Gasteiger partial charge < -0.3 is 26.4 Å². The Morgan fingerprint density at radius 2 is 1.75 bits per heavy atom. The smallest absolute Gasteiger partial charge is 0.276 e. The van der Waals surface area contributed by atoms with Crippen molar-refractivity contribution in [1.29, 1.82) is 0 Å². The highest BCUT2D eigenvalue weighted by molar-refractivity contribution is 6.29. The van der Waals surface area contributed by atoms with E-state index in [0.29, 0.717) is 28.9 Å². The SMILES string of the molecule is C[C@@H](O)C(=O)NC1CCC(Nc2cc(NC3CC3)c3ncc(C(=O)Nc4ccnc(Cl)c4)n3n2)CC1. The van der Waals surface area contributed by atoms with Crippen molar-refractivity contribution in [2.24, 2.45) is 0 Å². The second-order valence-corrected chi connectivity index (χ2v) is 9.83. The van der Waals surface area contributed by atoms with Crippen molar-refractivity contribution in [3.8, 4) is 0 Å². The molecule has 0 aromatic carbocycles. The Morgan fingerprint density at radius 1 is 1.06 bits per heavy atom. The topological polar surface area (TPSA) is 146 Å². The molecular formula is C24H29ClN8O3. The monoisotopic (exact) mass is 512 g/mol. The number of nitrogens with one attached hydrogen (secondary N) is 4. The second kappa shape index (κ2) is 10.3. The van der Waals surface area contributed by atoms with E-state index in [4.69, 9.17) is 11.6 Å². The van der Waals surface area contributed by atoms with Gasteiger partial charge in [-0.3, -0.25) is 9.59 Å². The van der Waals surface area contributed by atoms with Gasteiger partial charge in [0.1, 0.15) is 17.1 Å². The normalized spacial score (nSPS) is 20.5. The zero-order valence-corrected chi connectivity index (χ0v) is 20.6. The molecule has 2 amide bonds. The summed E-state index contributed by atoms with van der Waals surface area (Å²) >= 11 is 5.94. The molecule has 2 saturated carbocycles. The van der Waals surface area contributed by atoms with Gasteiger partial charge in [-0.1, -0.05) is 11.6 Å². The Bertz CT molecular complexity index is 1270. The molecule has 0 bridgehead atoms. The van der Waals surface area contributed by atoms with Crippen molar-refractivity contribution in [2.75, 3.05) is 16.0 Å². The van der Waals surface area contributed by atoms with Crippen molar-refractivity contribution >= 4 is 46.3 Å². The summed E-state index contributed by atoms with van der Waals surface area (Å²) in [6.45, 7) is 1.47. The minimum atomic E-state index is -1.01. The molecule has 3 aromatic rings. The Labute approximate surface area is 213 Å². The first kappa shape index (κ1) is 24.3. The Balaban J connectivity index is 1.33. The highest BCUT2D eigenvalue weighted by atomic mass is 35.5. The van der Waals surface area contributed by atoms with Crippen molar-refractivity contribution in [1.82, 2.24) is 24.9 Å². The van der Waals surface area contributed by atoms with Gasteiger partial charge in [-0.05, 0) is 57.6 Å². The molecule has 1 atom stereocenters. The molecule has 190 valence electrons. The number of carbonyl (C=O) groups is 2. The van der Waals surface area contributed by atoms with Gasteiger partial charge in [-0.2, -0.15) is 0 Å². The number of nitrogens with zero attached hydrogens (tertiary/aromatic N) is 4. The van der Waals surface area contributed by atoms with E-state index in [1.807, 2.05) is 6.07 Å². The zero-order valence-electron chi connectivity index (χ0n) is 19.9. The predicted molar refractivity (Wildman–Crippen MR) is 136 cm³/mol. The lowest BCUT2D eigenvalue weighted by atomic mass is 9.91. The summed E-state index contributed by atoms with van der Waals surface area (Å²) in [5.74, 6) is -0.0588. The van der Waals surface area contributed by atoms with Crippen molar-refractivity contribution in [3.05, 3.63) is 41.4 Å². The van der Waals surface area contributed by atoms with Crippen LogP contribution < -0.4 is 21.3 Å². The highest BCUT2D eigenvalue weighted by Gasteiger charge is 2.26. The van der Waals surface area contributed by atoms with Crippen LogP contribution in [0.5, 0.6) is 0 Å². The van der Waals surface area contributed by atoms with Crippen LogP contribution in [-0.2, 0) is 4.79 Å². The molecule has 2 aliphatic rings. The molecule has 5 rings (SSSR count). The molecule has 2 fully saturated rings. The van der Waals surface area contributed by atoms with E-state index in [1.165, 1.54) is 19.3 Å². The fourth-order valence-corrected chi connectivity index (χ4v) is 4.51. The first-order chi connectivity index (χ1) is 17.4. The second-order valence-electron chi connectivity index (χ2n) is 9.44. The van der Waals surface area contributed by atoms with E-state index in [1.54, 1.807) is 16.6 Å².